The van der Waals surface area contributed by atoms with E-state index in [-0.39, 0.29) is 5.91 Å². The number of piperidine rings is 1. The van der Waals surface area contributed by atoms with Crippen LogP contribution in [-0.2, 0) is 11.2 Å². The maximum atomic E-state index is 12.3. The van der Waals surface area contributed by atoms with Gasteiger partial charge in [0.2, 0.25) is 5.91 Å². The van der Waals surface area contributed by atoms with Gasteiger partial charge in [0.05, 0.1) is 32.7 Å². The fourth-order valence-electron chi connectivity index (χ4n) is 4.00. The number of quaternary nitrogens is 1. The molecule has 2 saturated heterocycles. The number of ether oxygens (including phenoxy) is 1. The highest BCUT2D eigenvalue weighted by atomic mass is 16.5. The van der Waals surface area contributed by atoms with Crippen molar-refractivity contribution in [2.45, 2.75) is 50.2 Å². The van der Waals surface area contributed by atoms with Crippen molar-refractivity contribution in [1.82, 2.24) is 5.32 Å². The van der Waals surface area contributed by atoms with Crippen LogP contribution in [0.2, 0.25) is 0 Å². The van der Waals surface area contributed by atoms with E-state index in [1.54, 1.807) is 12.0 Å². The molecule has 2 bridgehead atoms. The lowest BCUT2D eigenvalue weighted by Gasteiger charge is -2.33. The molecule has 0 aromatic heterocycles. The number of methoxy groups -OCH3 is 1. The molecule has 0 spiro atoms. The molecule has 0 radical (unpaired) electrons. The van der Waals surface area contributed by atoms with Crippen molar-refractivity contribution in [2.24, 2.45) is 0 Å². The highest BCUT2D eigenvalue weighted by Gasteiger charge is 2.42. The monoisotopic (exact) mass is 289 g/mol. The lowest BCUT2D eigenvalue weighted by Crippen LogP contribution is -3.15. The Hall–Kier alpha value is -1.55. The summed E-state index contributed by atoms with van der Waals surface area (Å²) >= 11 is 0. The van der Waals surface area contributed by atoms with Crippen LogP contribution in [0.15, 0.2) is 24.3 Å². The van der Waals surface area contributed by atoms with Gasteiger partial charge in [0.1, 0.15) is 5.75 Å². The third-order valence-electron chi connectivity index (χ3n) is 5.20. The molecular weight excluding hydrogens is 264 g/mol. The lowest BCUT2D eigenvalue weighted by atomic mass is 9.97. The Morgan fingerprint density at radius 3 is 2.62 bits per heavy atom. The molecule has 4 heteroatoms. The summed E-state index contributed by atoms with van der Waals surface area (Å²) in [7, 11) is 3.95. The van der Waals surface area contributed by atoms with Crippen molar-refractivity contribution in [2.75, 3.05) is 14.2 Å². The molecule has 3 rings (SSSR count). The lowest BCUT2D eigenvalue weighted by molar-refractivity contribution is -0.922. The number of hydrogen-bond donors (Lipinski definition) is 2. The van der Waals surface area contributed by atoms with Gasteiger partial charge >= 0.3 is 0 Å². The fraction of sp³-hybridized carbons (Fsp3) is 0.588. The largest absolute Gasteiger partial charge is 0.496 e. The minimum absolute atomic E-state index is 0.114. The first-order chi connectivity index (χ1) is 10.2. The van der Waals surface area contributed by atoms with Gasteiger partial charge in [0.25, 0.3) is 0 Å². The van der Waals surface area contributed by atoms with Gasteiger partial charge in [0, 0.05) is 37.3 Å². The first kappa shape index (κ1) is 14.4. The zero-order valence-electron chi connectivity index (χ0n) is 12.9. The SMILES string of the molecule is COc1ccccc1CC(=O)NC1C[C@H]2CC[C@@H](C1)[NH+]2C. The zero-order valence-corrected chi connectivity index (χ0v) is 12.9. The summed E-state index contributed by atoms with van der Waals surface area (Å²) in [5, 5.41) is 3.23. The molecule has 2 aliphatic heterocycles. The van der Waals surface area contributed by atoms with Gasteiger partial charge in [-0.15, -0.1) is 0 Å². The predicted molar refractivity (Wildman–Crippen MR) is 81.6 cm³/mol. The molecule has 2 N–H and O–H groups in total. The van der Waals surface area contributed by atoms with Crippen molar-refractivity contribution in [3.8, 4) is 5.75 Å². The standard InChI is InChI=1S/C17H24N2O2/c1-19-14-7-8-15(19)11-13(10-14)18-17(20)9-12-5-3-4-6-16(12)21-2/h3-6,13-15H,7-11H2,1-2H3,(H,18,20)/p+1/t13?,14-,15+. The Morgan fingerprint density at radius 1 is 1.29 bits per heavy atom. The Balaban J connectivity index is 1.57. The van der Waals surface area contributed by atoms with E-state index in [0.29, 0.717) is 12.5 Å². The third kappa shape index (κ3) is 3.05. The molecule has 2 fully saturated rings. The fourth-order valence-corrected chi connectivity index (χ4v) is 4.00. The van der Waals surface area contributed by atoms with E-state index in [1.807, 2.05) is 24.3 Å². The second kappa shape index (κ2) is 6.06. The van der Waals surface area contributed by atoms with Crippen molar-refractivity contribution in [1.29, 1.82) is 0 Å². The van der Waals surface area contributed by atoms with Gasteiger partial charge in [-0.05, 0) is 6.07 Å². The average molecular weight is 289 g/mol. The molecule has 2 aliphatic rings. The van der Waals surface area contributed by atoms with Crippen molar-refractivity contribution >= 4 is 5.91 Å². The molecule has 2 unspecified atom stereocenters. The van der Waals surface area contributed by atoms with Crippen molar-refractivity contribution < 1.29 is 14.4 Å². The summed E-state index contributed by atoms with van der Waals surface area (Å²) < 4.78 is 5.31. The topological polar surface area (TPSA) is 42.8 Å². The highest BCUT2D eigenvalue weighted by Crippen LogP contribution is 2.23. The molecule has 1 amide bonds. The molecule has 2 heterocycles. The van der Waals surface area contributed by atoms with Crippen LogP contribution in [0.1, 0.15) is 31.2 Å². The number of amides is 1. The van der Waals surface area contributed by atoms with Gasteiger partial charge in [-0.25, -0.2) is 0 Å². The number of carbonyl (C=O) groups is 1. The van der Waals surface area contributed by atoms with Crippen LogP contribution in [0.4, 0.5) is 0 Å². The van der Waals surface area contributed by atoms with Gasteiger partial charge < -0.3 is 15.0 Å². The smallest absolute Gasteiger partial charge is 0.224 e. The first-order valence-electron chi connectivity index (χ1n) is 7.92. The van der Waals surface area contributed by atoms with E-state index in [4.69, 9.17) is 4.74 Å². The van der Waals surface area contributed by atoms with Crippen molar-refractivity contribution in [3.05, 3.63) is 29.8 Å². The summed E-state index contributed by atoms with van der Waals surface area (Å²) in [6.45, 7) is 0. The van der Waals surface area contributed by atoms with E-state index in [1.165, 1.54) is 12.8 Å². The predicted octanol–water partition coefficient (Wildman–Crippen LogP) is 0.562. The van der Waals surface area contributed by atoms with Crippen LogP contribution < -0.4 is 15.0 Å². The maximum Gasteiger partial charge on any atom is 0.224 e. The molecule has 114 valence electrons. The number of rotatable bonds is 4. The number of carbonyl (C=O) groups excluding carboxylic acids is 1. The van der Waals surface area contributed by atoms with Crippen LogP contribution in [0, 0.1) is 0 Å². The van der Waals surface area contributed by atoms with Crippen LogP contribution in [0.5, 0.6) is 5.75 Å². The number of nitrogens with one attached hydrogen (secondary N) is 2. The second-order valence-corrected chi connectivity index (χ2v) is 6.44. The number of fused-ring (bicyclic) bond motifs is 2. The van der Waals surface area contributed by atoms with Gasteiger partial charge in [-0.3, -0.25) is 4.79 Å². The molecule has 0 aliphatic carbocycles. The van der Waals surface area contributed by atoms with E-state index in [2.05, 4.69) is 12.4 Å². The Labute approximate surface area is 126 Å². The second-order valence-electron chi connectivity index (χ2n) is 6.44. The molecule has 1 aromatic rings. The van der Waals surface area contributed by atoms with Crippen LogP contribution in [-0.4, -0.2) is 38.2 Å². The molecule has 0 saturated carbocycles. The minimum Gasteiger partial charge on any atom is -0.496 e. The highest BCUT2D eigenvalue weighted by molar-refractivity contribution is 5.79. The van der Waals surface area contributed by atoms with E-state index in [0.717, 1.165) is 36.2 Å². The van der Waals surface area contributed by atoms with E-state index >= 15 is 0 Å². The molecular formula is C17H25N2O2+. The van der Waals surface area contributed by atoms with Crippen LogP contribution in [0.3, 0.4) is 0 Å². The van der Waals surface area contributed by atoms with Gasteiger partial charge in [0.15, 0.2) is 0 Å². The van der Waals surface area contributed by atoms with Crippen LogP contribution >= 0.6 is 0 Å². The average Bonchev–Trinajstić information content (AvgIpc) is 2.70. The summed E-state index contributed by atoms with van der Waals surface area (Å²) in [6.07, 6.45) is 5.28. The molecule has 21 heavy (non-hydrogen) atoms. The normalized spacial score (nSPS) is 31.0. The summed E-state index contributed by atoms with van der Waals surface area (Å²) in [4.78, 5) is 14.0. The number of para-hydroxylation sites is 1. The Morgan fingerprint density at radius 2 is 1.95 bits per heavy atom. The van der Waals surface area contributed by atoms with Gasteiger partial charge in [-0.2, -0.15) is 0 Å². The zero-order chi connectivity index (χ0) is 14.8. The summed E-state index contributed by atoms with van der Waals surface area (Å²) in [6, 6.07) is 9.57. The number of hydrogen-bond acceptors (Lipinski definition) is 2. The molecule has 1 aromatic carbocycles. The first-order valence-corrected chi connectivity index (χ1v) is 7.92. The molecule has 4 atom stereocenters. The number of benzene rings is 1. The van der Waals surface area contributed by atoms with Crippen molar-refractivity contribution in [3.63, 3.8) is 0 Å². The third-order valence-corrected chi connectivity index (χ3v) is 5.20. The Kier molecular flexibility index (Phi) is 4.15. The van der Waals surface area contributed by atoms with E-state index < -0.39 is 0 Å². The minimum atomic E-state index is 0.114. The van der Waals surface area contributed by atoms with Gasteiger partial charge in [-0.1, -0.05) is 18.2 Å². The summed E-state index contributed by atoms with van der Waals surface area (Å²) in [5.74, 6) is 0.906. The maximum absolute atomic E-state index is 12.3. The molecule has 4 nitrogen and oxygen atoms in total. The van der Waals surface area contributed by atoms with Crippen LogP contribution in [0.25, 0.3) is 0 Å². The quantitative estimate of drug-likeness (QED) is 0.851. The summed E-state index contributed by atoms with van der Waals surface area (Å²) in [5.41, 5.74) is 0.957. The Bertz CT molecular complexity index is 503. The van der Waals surface area contributed by atoms with E-state index in [9.17, 15) is 4.79 Å².